The van der Waals surface area contributed by atoms with E-state index in [0.717, 1.165) is 32.4 Å². The monoisotopic (exact) mass is 366 g/mol. The molecule has 0 aromatic heterocycles. The van der Waals surface area contributed by atoms with Crippen LogP contribution in [0.25, 0.3) is 0 Å². The van der Waals surface area contributed by atoms with Gasteiger partial charge in [0.25, 0.3) is 16.0 Å². The Morgan fingerprint density at radius 3 is 2.28 bits per heavy atom. The molecule has 1 saturated heterocycles. The Balaban J connectivity index is 1.76. The van der Waals surface area contributed by atoms with Crippen LogP contribution in [0.2, 0.25) is 0 Å². The van der Waals surface area contributed by atoms with E-state index < -0.39 is 10.1 Å². The van der Waals surface area contributed by atoms with Crippen molar-refractivity contribution in [2.24, 2.45) is 0 Å². The van der Waals surface area contributed by atoms with Gasteiger partial charge >= 0.3 is 0 Å². The van der Waals surface area contributed by atoms with E-state index in [0.29, 0.717) is 11.6 Å². The second kappa shape index (κ2) is 7.43. The van der Waals surface area contributed by atoms with Crippen LogP contribution in [0, 0.1) is 0 Å². The third kappa shape index (κ3) is 4.04. The standard InChI is InChI=1S/C18H26N2O4S/c1-19(16-6-2-3-7-17(16)20-12-4-5-13-20)18(21)14-8-10-15(11-9-14)25(22,23)24/h8-11,16-17H,2-7,12-13H2,1H3,(H,22,23,24). The first-order valence-corrected chi connectivity index (χ1v) is 10.4. The average molecular weight is 366 g/mol. The van der Waals surface area contributed by atoms with Crippen molar-refractivity contribution in [2.45, 2.75) is 55.5 Å². The van der Waals surface area contributed by atoms with Gasteiger partial charge in [0, 0.05) is 24.7 Å². The molecular weight excluding hydrogens is 340 g/mol. The second-order valence-electron chi connectivity index (χ2n) is 7.08. The minimum Gasteiger partial charge on any atom is -0.337 e. The van der Waals surface area contributed by atoms with Crippen LogP contribution in [0.15, 0.2) is 29.2 Å². The van der Waals surface area contributed by atoms with Gasteiger partial charge in [0.05, 0.1) is 4.90 Å². The Morgan fingerprint density at radius 1 is 1.08 bits per heavy atom. The van der Waals surface area contributed by atoms with E-state index in [1.165, 1.54) is 43.5 Å². The molecule has 1 aliphatic carbocycles. The molecule has 1 heterocycles. The smallest absolute Gasteiger partial charge is 0.294 e. The molecule has 3 rings (SSSR count). The minimum absolute atomic E-state index is 0.0991. The van der Waals surface area contributed by atoms with Crippen molar-refractivity contribution in [1.29, 1.82) is 0 Å². The molecule has 1 amide bonds. The zero-order chi connectivity index (χ0) is 18.0. The van der Waals surface area contributed by atoms with Gasteiger partial charge in [-0.3, -0.25) is 14.2 Å². The highest BCUT2D eigenvalue weighted by molar-refractivity contribution is 7.85. The second-order valence-corrected chi connectivity index (χ2v) is 8.50. The first-order valence-electron chi connectivity index (χ1n) is 8.97. The number of hydrogen-bond donors (Lipinski definition) is 1. The van der Waals surface area contributed by atoms with Crippen molar-refractivity contribution in [3.8, 4) is 0 Å². The van der Waals surface area contributed by atoms with E-state index in [2.05, 4.69) is 4.90 Å². The summed E-state index contributed by atoms with van der Waals surface area (Å²) in [6, 6.07) is 6.10. The quantitative estimate of drug-likeness (QED) is 0.828. The largest absolute Gasteiger partial charge is 0.337 e. The Morgan fingerprint density at radius 2 is 1.68 bits per heavy atom. The number of amides is 1. The van der Waals surface area contributed by atoms with Crippen molar-refractivity contribution >= 4 is 16.0 Å². The van der Waals surface area contributed by atoms with Crippen molar-refractivity contribution in [3.63, 3.8) is 0 Å². The molecule has 0 spiro atoms. The molecule has 2 aliphatic rings. The molecule has 2 fully saturated rings. The van der Waals surface area contributed by atoms with Crippen molar-refractivity contribution in [1.82, 2.24) is 9.80 Å². The zero-order valence-electron chi connectivity index (χ0n) is 14.6. The average Bonchev–Trinajstić information content (AvgIpc) is 3.14. The Labute approximate surface area is 149 Å². The van der Waals surface area contributed by atoms with E-state index in [1.807, 2.05) is 11.9 Å². The SMILES string of the molecule is CN(C(=O)c1ccc(S(=O)(=O)O)cc1)C1CCCCC1N1CCCC1. The van der Waals surface area contributed by atoms with Gasteiger partial charge < -0.3 is 4.90 Å². The van der Waals surface area contributed by atoms with Crippen molar-refractivity contribution < 1.29 is 17.8 Å². The normalized spacial score (nSPS) is 25.0. The maximum absolute atomic E-state index is 12.9. The van der Waals surface area contributed by atoms with Gasteiger partial charge in [-0.1, -0.05) is 12.8 Å². The van der Waals surface area contributed by atoms with Gasteiger partial charge in [-0.25, -0.2) is 0 Å². The topological polar surface area (TPSA) is 77.9 Å². The van der Waals surface area contributed by atoms with Gasteiger partial charge in [0.1, 0.15) is 0 Å². The van der Waals surface area contributed by atoms with E-state index in [9.17, 15) is 13.2 Å². The predicted octanol–water partition coefficient (Wildman–Crippen LogP) is 2.41. The van der Waals surface area contributed by atoms with Crippen molar-refractivity contribution in [2.75, 3.05) is 20.1 Å². The molecular formula is C18H26N2O4S. The molecule has 138 valence electrons. The highest BCUT2D eigenvalue weighted by Gasteiger charge is 2.35. The lowest BCUT2D eigenvalue weighted by Gasteiger charge is -2.42. The summed E-state index contributed by atoms with van der Waals surface area (Å²) in [7, 11) is -2.39. The summed E-state index contributed by atoms with van der Waals surface area (Å²) in [5.74, 6) is -0.0991. The number of rotatable bonds is 4. The lowest BCUT2D eigenvalue weighted by molar-refractivity contribution is 0.0496. The molecule has 1 aromatic carbocycles. The van der Waals surface area contributed by atoms with E-state index in [4.69, 9.17) is 4.55 Å². The maximum atomic E-state index is 12.9. The number of hydrogen-bond acceptors (Lipinski definition) is 4. The number of likely N-dealkylation sites (tertiary alicyclic amines) is 1. The van der Waals surface area contributed by atoms with Crippen LogP contribution in [0.1, 0.15) is 48.9 Å². The third-order valence-corrected chi connectivity index (χ3v) is 6.39. The minimum atomic E-state index is -4.24. The summed E-state index contributed by atoms with van der Waals surface area (Å²) in [5, 5.41) is 0. The maximum Gasteiger partial charge on any atom is 0.294 e. The van der Waals surface area contributed by atoms with Crippen LogP contribution in [0.4, 0.5) is 0 Å². The van der Waals surface area contributed by atoms with E-state index >= 15 is 0 Å². The Hall–Kier alpha value is -1.44. The number of benzene rings is 1. The molecule has 1 aliphatic heterocycles. The lowest BCUT2D eigenvalue weighted by atomic mass is 9.88. The highest BCUT2D eigenvalue weighted by atomic mass is 32.2. The molecule has 2 atom stereocenters. The fourth-order valence-electron chi connectivity index (χ4n) is 4.17. The van der Waals surface area contributed by atoms with Crippen LogP contribution in [0.3, 0.4) is 0 Å². The van der Waals surface area contributed by atoms with Crippen LogP contribution >= 0.6 is 0 Å². The number of carbonyl (C=O) groups excluding carboxylic acids is 1. The summed E-state index contributed by atoms with van der Waals surface area (Å²) in [4.78, 5) is 17.0. The molecule has 6 nitrogen and oxygen atoms in total. The molecule has 1 N–H and O–H groups in total. The fraction of sp³-hybridized carbons (Fsp3) is 0.611. The predicted molar refractivity (Wildman–Crippen MR) is 95.2 cm³/mol. The molecule has 7 heteroatoms. The van der Waals surface area contributed by atoms with Crippen LogP contribution in [0.5, 0.6) is 0 Å². The fourth-order valence-corrected chi connectivity index (χ4v) is 4.65. The molecule has 1 saturated carbocycles. The van der Waals surface area contributed by atoms with Crippen molar-refractivity contribution in [3.05, 3.63) is 29.8 Å². The Bertz CT molecular complexity index is 711. The molecule has 1 aromatic rings. The molecule has 0 radical (unpaired) electrons. The summed E-state index contributed by atoms with van der Waals surface area (Å²) in [6.45, 7) is 2.23. The zero-order valence-corrected chi connectivity index (χ0v) is 15.4. The Kier molecular flexibility index (Phi) is 5.46. The molecule has 0 bridgehead atoms. The van der Waals surface area contributed by atoms with Gasteiger partial charge in [0.15, 0.2) is 0 Å². The van der Waals surface area contributed by atoms with Gasteiger partial charge in [0.2, 0.25) is 0 Å². The van der Waals surface area contributed by atoms with Crippen LogP contribution < -0.4 is 0 Å². The molecule has 25 heavy (non-hydrogen) atoms. The summed E-state index contributed by atoms with van der Waals surface area (Å²) in [6.07, 6.45) is 6.95. The number of carbonyl (C=O) groups is 1. The molecule has 2 unspecified atom stereocenters. The lowest BCUT2D eigenvalue weighted by Crippen LogP contribution is -2.53. The van der Waals surface area contributed by atoms with Gasteiger partial charge in [-0.2, -0.15) is 8.42 Å². The van der Waals surface area contributed by atoms with E-state index in [-0.39, 0.29) is 16.8 Å². The van der Waals surface area contributed by atoms with Crippen LogP contribution in [-0.2, 0) is 10.1 Å². The van der Waals surface area contributed by atoms with Gasteiger partial charge in [-0.15, -0.1) is 0 Å². The number of likely N-dealkylation sites (N-methyl/N-ethyl adjacent to an activating group) is 1. The summed E-state index contributed by atoms with van der Waals surface area (Å²) in [5.41, 5.74) is 0.445. The van der Waals surface area contributed by atoms with Gasteiger partial charge in [-0.05, 0) is 63.0 Å². The third-order valence-electron chi connectivity index (χ3n) is 5.52. The van der Waals surface area contributed by atoms with E-state index in [1.54, 1.807) is 0 Å². The summed E-state index contributed by atoms with van der Waals surface area (Å²) >= 11 is 0. The number of nitrogens with zero attached hydrogens (tertiary/aromatic N) is 2. The van der Waals surface area contributed by atoms with Crippen LogP contribution in [-0.4, -0.2) is 60.9 Å². The first-order chi connectivity index (χ1) is 11.9. The first kappa shape index (κ1) is 18.4. The summed E-state index contributed by atoms with van der Waals surface area (Å²) < 4.78 is 31.3. The highest BCUT2D eigenvalue weighted by Crippen LogP contribution is 2.29.